The first kappa shape index (κ1) is 17.2. The van der Waals surface area contributed by atoms with Gasteiger partial charge in [0.05, 0.1) is 18.3 Å². The van der Waals surface area contributed by atoms with Gasteiger partial charge in [-0.3, -0.25) is 9.36 Å². The zero-order valence-electron chi connectivity index (χ0n) is 15.0. The molecule has 1 atom stereocenters. The largest absolute Gasteiger partial charge is 0.491 e. The van der Waals surface area contributed by atoms with Crippen molar-refractivity contribution in [2.45, 2.75) is 45.8 Å². The molecule has 2 aromatic heterocycles. The summed E-state index contributed by atoms with van der Waals surface area (Å²) in [7, 11) is 0. The maximum Gasteiger partial charge on any atom is 0.262 e. The van der Waals surface area contributed by atoms with E-state index in [0.717, 1.165) is 46.4 Å². The summed E-state index contributed by atoms with van der Waals surface area (Å²) >= 11 is 1.63. The van der Waals surface area contributed by atoms with Crippen LogP contribution in [0.3, 0.4) is 0 Å². The predicted octanol–water partition coefficient (Wildman–Crippen LogP) is 3.00. The van der Waals surface area contributed by atoms with E-state index in [2.05, 4.69) is 4.98 Å². The molecule has 0 spiro atoms. The molecule has 1 aromatic carbocycles. The summed E-state index contributed by atoms with van der Waals surface area (Å²) in [6.45, 7) is 4.32. The summed E-state index contributed by atoms with van der Waals surface area (Å²) in [5.41, 5.74) is 3.31. The van der Waals surface area contributed by atoms with Crippen molar-refractivity contribution >= 4 is 21.6 Å². The molecule has 1 N–H and O–H groups in total. The number of benzene rings is 1. The van der Waals surface area contributed by atoms with Crippen LogP contribution in [0.25, 0.3) is 10.2 Å². The van der Waals surface area contributed by atoms with Crippen LogP contribution in [0.15, 0.2) is 29.3 Å². The second-order valence-electron chi connectivity index (χ2n) is 6.97. The fourth-order valence-corrected chi connectivity index (χ4v) is 4.80. The Kier molecular flexibility index (Phi) is 4.54. The van der Waals surface area contributed by atoms with Crippen LogP contribution >= 0.6 is 11.3 Å². The van der Waals surface area contributed by atoms with E-state index in [0.29, 0.717) is 0 Å². The van der Waals surface area contributed by atoms with Crippen LogP contribution in [0.2, 0.25) is 0 Å². The molecular formula is C20H22N2O3S. The summed E-state index contributed by atoms with van der Waals surface area (Å²) in [6.07, 6.45) is 3.87. The standard InChI is InChI=1S/C20H22N2O3S/c1-12-6-7-16(13(2)8-12)25-10-14(23)9-22-11-21-19-18(20(22)24)15-4-3-5-17(15)26-19/h6-8,11,14,23H,3-5,9-10H2,1-2H3. The van der Waals surface area contributed by atoms with Gasteiger partial charge in [0.25, 0.3) is 5.56 Å². The average molecular weight is 370 g/mol. The lowest BCUT2D eigenvalue weighted by Crippen LogP contribution is -2.30. The highest BCUT2D eigenvalue weighted by molar-refractivity contribution is 7.18. The first-order valence-electron chi connectivity index (χ1n) is 8.90. The lowest BCUT2D eigenvalue weighted by atomic mass is 10.1. The van der Waals surface area contributed by atoms with Gasteiger partial charge < -0.3 is 9.84 Å². The zero-order chi connectivity index (χ0) is 18.3. The van der Waals surface area contributed by atoms with E-state index in [-0.39, 0.29) is 18.7 Å². The summed E-state index contributed by atoms with van der Waals surface area (Å²) < 4.78 is 7.23. The number of aliphatic hydroxyl groups excluding tert-OH is 1. The molecule has 0 saturated heterocycles. The third kappa shape index (κ3) is 3.15. The molecule has 1 aliphatic rings. The van der Waals surface area contributed by atoms with Gasteiger partial charge in [0.2, 0.25) is 0 Å². The Morgan fingerprint density at radius 1 is 1.35 bits per heavy atom. The van der Waals surface area contributed by atoms with Crippen molar-refractivity contribution in [3.63, 3.8) is 0 Å². The molecule has 0 radical (unpaired) electrons. The van der Waals surface area contributed by atoms with E-state index in [4.69, 9.17) is 4.74 Å². The van der Waals surface area contributed by atoms with E-state index >= 15 is 0 Å². The molecule has 0 saturated carbocycles. The van der Waals surface area contributed by atoms with E-state index < -0.39 is 6.10 Å². The number of ether oxygens (including phenoxy) is 1. The molecule has 6 heteroatoms. The minimum Gasteiger partial charge on any atom is -0.491 e. The van der Waals surface area contributed by atoms with Crippen LogP contribution in [-0.4, -0.2) is 27.4 Å². The molecule has 136 valence electrons. The average Bonchev–Trinajstić information content (AvgIpc) is 3.17. The maximum atomic E-state index is 12.8. The van der Waals surface area contributed by atoms with Crippen molar-refractivity contribution in [3.8, 4) is 5.75 Å². The SMILES string of the molecule is Cc1ccc(OCC(O)Cn2cnc3sc4c(c3c2=O)CCC4)c(C)c1. The predicted molar refractivity (Wildman–Crippen MR) is 103 cm³/mol. The third-order valence-corrected chi connectivity index (χ3v) is 6.06. The summed E-state index contributed by atoms with van der Waals surface area (Å²) in [5, 5.41) is 11.1. The molecule has 0 bridgehead atoms. The van der Waals surface area contributed by atoms with Gasteiger partial charge >= 0.3 is 0 Å². The van der Waals surface area contributed by atoms with E-state index in [1.54, 1.807) is 11.3 Å². The second-order valence-corrected chi connectivity index (χ2v) is 8.06. The number of nitrogens with zero attached hydrogens (tertiary/aromatic N) is 2. The quantitative estimate of drug-likeness (QED) is 0.750. The zero-order valence-corrected chi connectivity index (χ0v) is 15.8. The van der Waals surface area contributed by atoms with Crippen molar-refractivity contribution < 1.29 is 9.84 Å². The molecule has 1 unspecified atom stereocenters. The van der Waals surface area contributed by atoms with Crippen molar-refractivity contribution in [1.29, 1.82) is 0 Å². The van der Waals surface area contributed by atoms with Crippen LogP contribution in [0, 0.1) is 13.8 Å². The minimum atomic E-state index is -0.778. The Morgan fingerprint density at radius 2 is 2.19 bits per heavy atom. The number of fused-ring (bicyclic) bond motifs is 3. The highest BCUT2D eigenvalue weighted by Gasteiger charge is 2.21. The van der Waals surface area contributed by atoms with Gasteiger partial charge in [0.1, 0.15) is 23.3 Å². The van der Waals surface area contributed by atoms with Crippen LogP contribution < -0.4 is 10.3 Å². The molecule has 0 aliphatic heterocycles. The smallest absolute Gasteiger partial charge is 0.262 e. The molecule has 5 nitrogen and oxygen atoms in total. The fourth-order valence-electron chi connectivity index (χ4n) is 3.58. The Balaban J connectivity index is 1.50. The highest BCUT2D eigenvalue weighted by Crippen LogP contribution is 2.34. The topological polar surface area (TPSA) is 64.3 Å². The van der Waals surface area contributed by atoms with Gasteiger partial charge in [-0.25, -0.2) is 4.98 Å². The number of rotatable bonds is 5. The molecule has 0 amide bonds. The van der Waals surface area contributed by atoms with Crippen LogP contribution in [0.5, 0.6) is 5.75 Å². The van der Waals surface area contributed by atoms with Gasteiger partial charge in [-0.1, -0.05) is 17.7 Å². The van der Waals surface area contributed by atoms with Gasteiger partial charge in [0.15, 0.2) is 0 Å². The van der Waals surface area contributed by atoms with Gasteiger partial charge in [0, 0.05) is 4.88 Å². The van der Waals surface area contributed by atoms with Crippen LogP contribution in [0.4, 0.5) is 0 Å². The number of thiophene rings is 1. The van der Waals surface area contributed by atoms with Gasteiger partial charge in [-0.05, 0) is 50.3 Å². The lowest BCUT2D eigenvalue weighted by Gasteiger charge is -2.15. The Labute approximate surface area is 155 Å². The van der Waals surface area contributed by atoms with Crippen molar-refractivity contribution in [3.05, 3.63) is 56.4 Å². The number of aromatic nitrogens is 2. The normalized spacial score (nSPS) is 14.6. The Hall–Kier alpha value is -2.18. The van der Waals surface area contributed by atoms with E-state index in [9.17, 15) is 9.90 Å². The first-order chi connectivity index (χ1) is 12.5. The van der Waals surface area contributed by atoms with Crippen LogP contribution in [0.1, 0.15) is 28.0 Å². The van der Waals surface area contributed by atoms with Gasteiger partial charge in [-0.15, -0.1) is 11.3 Å². The molecule has 0 fully saturated rings. The number of aliphatic hydroxyl groups is 1. The van der Waals surface area contributed by atoms with E-state index in [1.807, 2.05) is 32.0 Å². The molecule has 26 heavy (non-hydrogen) atoms. The van der Waals surface area contributed by atoms with Gasteiger partial charge in [-0.2, -0.15) is 0 Å². The highest BCUT2D eigenvalue weighted by atomic mass is 32.1. The molecule has 1 aliphatic carbocycles. The van der Waals surface area contributed by atoms with Crippen LogP contribution in [-0.2, 0) is 19.4 Å². The molecule has 2 heterocycles. The second kappa shape index (κ2) is 6.85. The maximum absolute atomic E-state index is 12.8. The first-order valence-corrected chi connectivity index (χ1v) is 9.72. The number of hydrogen-bond donors (Lipinski definition) is 1. The van der Waals surface area contributed by atoms with Crippen molar-refractivity contribution in [1.82, 2.24) is 9.55 Å². The third-order valence-electron chi connectivity index (χ3n) is 4.86. The monoisotopic (exact) mass is 370 g/mol. The molecular weight excluding hydrogens is 348 g/mol. The Morgan fingerprint density at radius 3 is 3.00 bits per heavy atom. The van der Waals surface area contributed by atoms with Crippen molar-refractivity contribution in [2.24, 2.45) is 0 Å². The lowest BCUT2D eigenvalue weighted by molar-refractivity contribution is 0.0911. The van der Waals surface area contributed by atoms with Crippen molar-refractivity contribution in [2.75, 3.05) is 6.61 Å². The molecule has 4 rings (SSSR count). The number of hydrogen-bond acceptors (Lipinski definition) is 5. The summed E-state index contributed by atoms with van der Waals surface area (Å²) in [5.74, 6) is 0.756. The molecule has 3 aromatic rings. The minimum absolute atomic E-state index is 0.0556. The summed E-state index contributed by atoms with van der Waals surface area (Å²) in [6, 6.07) is 5.93. The Bertz CT molecular complexity index is 1020. The summed E-state index contributed by atoms with van der Waals surface area (Å²) in [4.78, 5) is 19.4. The van der Waals surface area contributed by atoms with E-state index in [1.165, 1.54) is 21.3 Å². The number of aryl methyl sites for hydroxylation is 4. The fraction of sp³-hybridized carbons (Fsp3) is 0.400.